The number of H-pyrrole nitrogens is 1. The molecule has 0 atom stereocenters. The highest BCUT2D eigenvalue weighted by Crippen LogP contribution is 2.16. The van der Waals surface area contributed by atoms with Gasteiger partial charge in [0, 0.05) is 19.0 Å². The van der Waals surface area contributed by atoms with Gasteiger partial charge in [-0.3, -0.25) is 5.10 Å². The van der Waals surface area contributed by atoms with E-state index in [-0.39, 0.29) is 5.82 Å². The van der Waals surface area contributed by atoms with E-state index < -0.39 is 11.6 Å². The first-order chi connectivity index (χ1) is 7.46. The van der Waals surface area contributed by atoms with Crippen molar-refractivity contribution < 1.29 is 9.53 Å². The highest BCUT2D eigenvalue weighted by atomic mass is 16.6. The van der Waals surface area contributed by atoms with Crippen LogP contribution in [0.3, 0.4) is 0 Å². The minimum absolute atomic E-state index is 0.108. The van der Waals surface area contributed by atoms with Crippen LogP contribution in [-0.4, -0.2) is 39.8 Å². The summed E-state index contributed by atoms with van der Waals surface area (Å²) >= 11 is 0. The Hall–Kier alpha value is -1.43. The van der Waals surface area contributed by atoms with Crippen LogP contribution in [0, 0.1) is 0 Å². The zero-order valence-electron chi connectivity index (χ0n) is 9.70. The van der Waals surface area contributed by atoms with Gasteiger partial charge in [0.05, 0.1) is 0 Å². The summed E-state index contributed by atoms with van der Waals surface area (Å²) in [5, 5.41) is 9.77. The van der Waals surface area contributed by atoms with Crippen molar-refractivity contribution in [1.82, 2.24) is 20.5 Å². The van der Waals surface area contributed by atoms with Crippen molar-refractivity contribution in [1.29, 1.82) is 0 Å². The van der Waals surface area contributed by atoms with Crippen molar-refractivity contribution in [2.75, 3.05) is 13.1 Å². The molecule has 6 nitrogen and oxygen atoms in total. The van der Waals surface area contributed by atoms with Crippen LogP contribution in [0.4, 0.5) is 0 Å². The third-order valence-corrected chi connectivity index (χ3v) is 2.25. The fourth-order valence-corrected chi connectivity index (χ4v) is 1.35. The maximum atomic E-state index is 11.6. The quantitative estimate of drug-likeness (QED) is 0.713. The molecule has 1 aliphatic heterocycles. The lowest BCUT2D eigenvalue weighted by Crippen LogP contribution is -2.40. The topological polar surface area (TPSA) is 79.9 Å². The second-order valence-electron chi connectivity index (χ2n) is 4.90. The molecule has 0 spiro atoms. The smallest absolute Gasteiger partial charge is 0.378 e. The zero-order valence-corrected chi connectivity index (χ0v) is 9.70. The number of carbonyl (C=O) groups excluding carboxylic acids is 1. The molecule has 2 heterocycles. The first-order valence-corrected chi connectivity index (χ1v) is 5.32. The molecule has 1 fully saturated rings. The van der Waals surface area contributed by atoms with E-state index in [1.165, 1.54) is 0 Å². The van der Waals surface area contributed by atoms with Crippen LogP contribution in [0.2, 0.25) is 0 Å². The normalized spacial score (nSPS) is 16.9. The maximum Gasteiger partial charge on any atom is 0.378 e. The average molecular weight is 224 g/mol. The Morgan fingerprint density at radius 1 is 1.44 bits per heavy atom. The molecule has 0 amide bonds. The monoisotopic (exact) mass is 224 g/mol. The standard InChI is InChI=1S/C10H16N4O2/c1-10(2,3)16-9(15)8-12-7(13-14-8)6-4-11-5-6/h6,11H,4-5H2,1-3H3,(H,12,13,14). The lowest BCUT2D eigenvalue weighted by molar-refractivity contribution is 0.00560. The van der Waals surface area contributed by atoms with E-state index in [1.54, 1.807) is 0 Å². The molecule has 1 aromatic rings. The number of carbonyl (C=O) groups is 1. The van der Waals surface area contributed by atoms with Gasteiger partial charge in [-0.2, -0.15) is 0 Å². The van der Waals surface area contributed by atoms with Gasteiger partial charge in [-0.25, -0.2) is 9.78 Å². The summed E-state index contributed by atoms with van der Waals surface area (Å²) in [4.78, 5) is 15.8. The van der Waals surface area contributed by atoms with Gasteiger partial charge in [0.1, 0.15) is 11.4 Å². The summed E-state index contributed by atoms with van der Waals surface area (Å²) in [5.74, 6) is 0.711. The Bertz CT molecular complexity index is 390. The van der Waals surface area contributed by atoms with Crippen molar-refractivity contribution >= 4 is 5.97 Å². The molecule has 16 heavy (non-hydrogen) atoms. The molecular weight excluding hydrogens is 208 g/mol. The number of nitrogens with one attached hydrogen (secondary N) is 2. The summed E-state index contributed by atoms with van der Waals surface area (Å²) < 4.78 is 5.17. The van der Waals surface area contributed by atoms with Crippen LogP contribution in [0.1, 0.15) is 43.1 Å². The molecule has 2 rings (SSSR count). The minimum Gasteiger partial charge on any atom is -0.454 e. The maximum absolute atomic E-state index is 11.6. The van der Waals surface area contributed by atoms with Crippen LogP contribution < -0.4 is 5.32 Å². The number of ether oxygens (including phenoxy) is 1. The second-order valence-corrected chi connectivity index (χ2v) is 4.90. The van der Waals surface area contributed by atoms with Crippen LogP contribution >= 0.6 is 0 Å². The molecule has 0 unspecified atom stereocenters. The molecule has 2 N–H and O–H groups in total. The third-order valence-electron chi connectivity index (χ3n) is 2.25. The molecule has 0 aromatic carbocycles. The number of aromatic nitrogens is 3. The van der Waals surface area contributed by atoms with Crippen LogP contribution in [0.15, 0.2) is 0 Å². The van der Waals surface area contributed by atoms with Crippen molar-refractivity contribution in [3.8, 4) is 0 Å². The molecule has 0 aliphatic carbocycles. The number of esters is 1. The number of hydrogen-bond acceptors (Lipinski definition) is 5. The summed E-state index contributed by atoms with van der Waals surface area (Å²) in [6.45, 7) is 7.20. The fraction of sp³-hybridized carbons (Fsp3) is 0.700. The van der Waals surface area contributed by atoms with E-state index >= 15 is 0 Å². The largest absolute Gasteiger partial charge is 0.454 e. The van der Waals surface area contributed by atoms with Gasteiger partial charge in [0.2, 0.25) is 0 Å². The Kier molecular flexibility index (Phi) is 2.67. The van der Waals surface area contributed by atoms with Gasteiger partial charge < -0.3 is 10.1 Å². The molecule has 0 radical (unpaired) electrons. The summed E-state index contributed by atoms with van der Waals surface area (Å²) in [6, 6.07) is 0. The van der Waals surface area contributed by atoms with E-state index in [4.69, 9.17) is 4.74 Å². The number of rotatable bonds is 2. The second kappa shape index (κ2) is 3.86. The fourth-order valence-electron chi connectivity index (χ4n) is 1.35. The summed E-state index contributed by atoms with van der Waals surface area (Å²) in [6.07, 6.45) is 0. The average Bonchev–Trinajstić information content (AvgIpc) is 2.46. The van der Waals surface area contributed by atoms with Gasteiger partial charge in [0.15, 0.2) is 0 Å². The first-order valence-electron chi connectivity index (χ1n) is 5.32. The van der Waals surface area contributed by atoms with Gasteiger partial charge in [-0.1, -0.05) is 0 Å². The van der Waals surface area contributed by atoms with Crippen LogP contribution in [0.25, 0.3) is 0 Å². The van der Waals surface area contributed by atoms with Crippen molar-refractivity contribution in [3.05, 3.63) is 11.6 Å². The van der Waals surface area contributed by atoms with Gasteiger partial charge in [-0.05, 0) is 20.8 Å². The molecule has 6 heteroatoms. The van der Waals surface area contributed by atoms with E-state index in [9.17, 15) is 4.79 Å². The molecule has 1 aromatic heterocycles. The van der Waals surface area contributed by atoms with E-state index in [2.05, 4.69) is 20.5 Å². The van der Waals surface area contributed by atoms with E-state index in [0.29, 0.717) is 5.92 Å². The van der Waals surface area contributed by atoms with Crippen LogP contribution in [-0.2, 0) is 4.74 Å². The van der Waals surface area contributed by atoms with Crippen LogP contribution in [0.5, 0.6) is 0 Å². The highest BCUT2D eigenvalue weighted by Gasteiger charge is 2.26. The Morgan fingerprint density at radius 2 is 2.12 bits per heavy atom. The third kappa shape index (κ3) is 2.38. The van der Waals surface area contributed by atoms with E-state index in [0.717, 1.165) is 18.9 Å². The molecular formula is C10H16N4O2. The molecule has 1 saturated heterocycles. The molecule has 1 aliphatic rings. The van der Waals surface area contributed by atoms with Crippen molar-refractivity contribution in [2.45, 2.75) is 32.3 Å². The Labute approximate surface area is 93.8 Å². The molecule has 0 saturated carbocycles. The SMILES string of the molecule is CC(C)(C)OC(=O)c1n[nH]c(C2CNC2)n1. The van der Waals surface area contributed by atoms with Crippen molar-refractivity contribution in [3.63, 3.8) is 0 Å². The lowest BCUT2D eigenvalue weighted by atomic mass is 10.0. The van der Waals surface area contributed by atoms with E-state index in [1.807, 2.05) is 20.8 Å². The predicted octanol–water partition coefficient (Wildman–Crippen LogP) is 0.447. The Morgan fingerprint density at radius 3 is 2.62 bits per heavy atom. The van der Waals surface area contributed by atoms with Gasteiger partial charge >= 0.3 is 5.97 Å². The number of aromatic amines is 1. The zero-order chi connectivity index (χ0) is 11.8. The lowest BCUT2D eigenvalue weighted by Gasteiger charge is -2.24. The summed E-state index contributed by atoms with van der Waals surface area (Å²) in [5.41, 5.74) is -0.518. The van der Waals surface area contributed by atoms with Gasteiger partial charge in [-0.15, -0.1) is 5.10 Å². The summed E-state index contributed by atoms with van der Waals surface area (Å²) in [7, 11) is 0. The Balaban J connectivity index is 2.03. The first kappa shape index (κ1) is 11.1. The molecule has 0 bridgehead atoms. The number of nitrogens with zero attached hydrogens (tertiary/aromatic N) is 2. The van der Waals surface area contributed by atoms with Gasteiger partial charge in [0.25, 0.3) is 5.82 Å². The molecule has 88 valence electrons. The number of hydrogen-bond donors (Lipinski definition) is 2. The highest BCUT2D eigenvalue weighted by molar-refractivity contribution is 5.85. The van der Waals surface area contributed by atoms with Crippen molar-refractivity contribution in [2.24, 2.45) is 0 Å². The predicted molar refractivity (Wildman–Crippen MR) is 57.2 cm³/mol. The minimum atomic E-state index is -0.518.